The summed E-state index contributed by atoms with van der Waals surface area (Å²) in [6, 6.07) is 7.87. The lowest BCUT2D eigenvalue weighted by atomic mass is 10.1. The molecule has 0 atom stereocenters. The summed E-state index contributed by atoms with van der Waals surface area (Å²) in [5, 5.41) is 0. The SMILES string of the molecule is CCCCCCCOCc1ccc(CC(=O)NN)cc1. The quantitative estimate of drug-likeness (QED) is 0.299. The first-order valence-electron chi connectivity index (χ1n) is 7.41. The molecule has 0 aliphatic heterocycles. The highest BCUT2D eigenvalue weighted by Gasteiger charge is 2.01. The Morgan fingerprint density at radius 3 is 2.40 bits per heavy atom. The summed E-state index contributed by atoms with van der Waals surface area (Å²) in [7, 11) is 0. The van der Waals surface area contributed by atoms with Gasteiger partial charge in [-0.3, -0.25) is 10.2 Å². The zero-order valence-corrected chi connectivity index (χ0v) is 12.4. The third-order valence-electron chi connectivity index (χ3n) is 3.21. The molecule has 3 N–H and O–H groups in total. The van der Waals surface area contributed by atoms with Crippen LogP contribution in [-0.4, -0.2) is 12.5 Å². The van der Waals surface area contributed by atoms with E-state index in [9.17, 15) is 4.79 Å². The lowest BCUT2D eigenvalue weighted by molar-refractivity contribution is -0.120. The van der Waals surface area contributed by atoms with Crippen molar-refractivity contribution in [1.29, 1.82) is 0 Å². The zero-order chi connectivity index (χ0) is 14.6. The predicted octanol–water partition coefficient (Wildman–Crippen LogP) is 2.71. The molecule has 1 amide bonds. The highest BCUT2D eigenvalue weighted by Crippen LogP contribution is 2.08. The van der Waals surface area contributed by atoms with Gasteiger partial charge in [0.2, 0.25) is 5.91 Å². The van der Waals surface area contributed by atoms with Crippen molar-refractivity contribution in [3.8, 4) is 0 Å². The fourth-order valence-corrected chi connectivity index (χ4v) is 1.99. The van der Waals surface area contributed by atoms with E-state index in [0.29, 0.717) is 13.0 Å². The number of unbranched alkanes of at least 4 members (excludes halogenated alkanes) is 4. The van der Waals surface area contributed by atoms with Gasteiger partial charge in [-0.1, -0.05) is 56.9 Å². The van der Waals surface area contributed by atoms with E-state index in [1.165, 1.54) is 25.7 Å². The molecule has 0 saturated heterocycles. The van der Waals surface area contributed by atoms with E-state index in [4.69, 9.17) is 10.6 Å². The zero-order valence-electron chi connectivity index (χ0n) is 12.4. The van der Waals surface area contributed by atoms with E-state index in [1.807, 2.05) is 24.3 Å². The summed E-state index contributed by atoms with van der Waals surface area (Å²) in [6.07, 6.45) is 6.59. The van der Waals surface area contributed by atoms with E-state index in [-0.39, 0.29) is 5.91 Å². The molecule has 20 heavy (non-hydrogen) atoms. The summed E-state index contributed by atoms with van der Waals surface area (Å²) >= 11 is 0. The van der Waals surface area contributed by atoms with Crippen LogP contribution in [0.15, 0.2) is 24.3 Å². The van der Waals surface area contributed by atoms with Gasteiger partial charge in [-0.15, -0.1) is 0 Å². The Labute approximate surface area is 121 Å². The molecule has 0 unspecified atom stereocenters. The number of hydrogen-bond donors (Lipinski definition) is 2. The van der Waals surface area contributed by atoms with Crippen LogP contribution in [-0.2, 0) is 22.6 Å². The average molecular weight is 278 g/mol. The molecule has 0 bridgehead atoms. The van der Waals surface area contributed by atoms with Gasteiger partial charge in [-0.05, 0) is 17.5 Å². The van der Waals surface area contributed by atoms with Gasteiger partial charge in [0.1, 0.15) is 0 Å². The number of rotatable bonds is 10. The van der Waals surface area contributed by atoms with Crippen molar-refractivity contribution in [1.82, 2.24) is 5.43 Å². The molecule has 112 valence electrons. The number of hydrogen-bond acceptors (Lipinski definition) is 3. The minimum absolute atomic E-state index is 0.180. The van der Waals surface area contributed by atoms with Gasteiger partial charge in [0.05, 0.1) is 13.0 Å². The molecule has 0 radical (unpaired) electrons. The van der Waals surface area contributed by atoms with Crippen LogP contribution < -0.4 is 11.3 Å². The summed E-state index contributed by atoms with van der Waals surface area (Å²) in [5.41, 5.74) is 4.22. The summed E-state index contributed by atoms with van der Waals surface area (Å²) in [5.74, 6) is 4.88. The van der Waals surface area contributed by atoms with Gasteiger partial charge in [0, 0.05) is 6.61 Å². The van der Waals surface area contributed by atoms with Crippen molar-refractivity contribution < 1.29 is 9.53 Å². The predicted molar refractivity (Wildman–Crippen MR) is 80.9 cm³/mol. The van der Waals surface area contributed by atoms with Crippen LogP contribution in [0.1, 0.15) is 50.2 Å². The van der Waals surface area contributed by atoms with Gasteiger partial charge in [-0.25, -0.2) is 5.84 Å². The maximum atomic E-state index is 11.1. The molecule has 1 rings (SSSR count). The lowest BCUT2D eigenvalue weighted by Gasteiger charge is -2.06. The van der Waals surface area contributed by atoms with E-state index in [0.717, 1.165) is 24.2 Å². The Kier molecular flexibility index (Phi) is 8.67. The Morgan fingerprint density at radius 2 is 1.75 bits per heavy atom. The monoisotopic (exact) mass is 278 g/mol. The number of amides is 1. The van der Waals surface area contributed by atoms with Crippen LogP contribution in [0.3, 0.4) is 0 Å². The first-order chi connectivity index (χ1) is 9.76. The van der Waals surface area contributed by atoms with Gasteiger partial charge in [0.25, 0.3) is 0 Å². The number of hydrazine groups is 1. The minimum atomic E-state index is -0.180. The summed E-state index contributed by atoms with van der Waals surface area (Å²) in [6.45, 7) is 3.68. The van der Waals surface area contributed by atoms with Crippen molar-refractivity contribution in [2.45, 2.75) is 52.1 Å². The van der Waals surface area contributed by atoms with E-state index in [1.54, 1.807) is 0 Å². The van der Waals surface area contributed by atoms with Crippen molar-refractivity contribution in [3.05, 3.63) is 35.4 Å². The highest BCUT2D eigenvalue weighted by atomic mass is 16.5. The molecule has 4 heteroatoms. The molecule has 0 fully saturated rings. The second-order valence-corrected chi connectivity index (χ2v) is 5.03. The third kappa shape index (κ3) is 7.26. The van der Waals surface area contributed by atoms with Gasteiger partial charge in [-0.2, -0.15) is 0 Å². The number of nitrogens with one attached hydrogen (secondary N) is 1. The Balaban J connectivity index is 2.16. The Hall–Kier alpha value is -1.39. The number of nitrogens with two attached hydrogens (primary N) is 1. The Morgan fingerprint density at radius 1 is 1.10 bits per heavy atom. The molecule has 0 heterocycles. The van der Waals surface area contributed by atoms with Gasteiger partial charge in [0.15, 0.2) is 0 Å². The van der Waals surface area contributed by atoms with Crippen LogP contribution in [0.5, 0.6) is 0 Å². The minimum Gasteiger partial charge on any atom is -0.377 e. The fraction of sp³-hybridized carbons (Fsp3) is 0.562. The van der Waals surface area contributed by atoms with Crippen molar-refractivity contribution in [2.75, 3.05) is 6.61 Å². The van der Waals surface area contributed by atoms with Crippen LogP contribution in [0.4, 0.5) is 0 Å². The Bertz CT molecular complexity index is 377. The first kappa shape index (κ1) is 16.7. The highest BCUT2D eigenvalue weighted by molar-refractivity contribution is 5.77. The van der Waals surface area contributed by atoms with E-state index >= 15 is 0 Å². The molecule has 0 saturated carbocycles. The molecule has 1 aromatic rings. The van der Waals surface area contributed by atoms with E-state index < -0.39 is 0 Å². The second kappa shape index (κ2) is 10.4. The molecular weight excluding hydrogens is 252 g/mol. The summed E-state index contributed by atoms with van der Waals surface area (Å²) < 4.78 is 5.64. The number of carbonyl (C=O) groups is 1. The molecule has 4 nitrogen and oxygen atoms in total. The van der Waals surface area contributed by atoms with Crippen LogP contribution in [0.2, 0.25) is 0 Å². The van der Waals surface area contributed by atoms with Crippen LogP contribution >= 0.6 is 0 Å². The molecule has 0 aliphatic rings. The molecule has 1 aromatic carbocycles. The standard InChI is InChI=1S/C16H26N2O2/c1-2-3-4-5-6-11-20-13-15-9-7-14(8-10-15)12-16(19)18-17/h7-10H,2-6,11-13,17H2,1H3,(H,18,19). The lowest BCUT2D eigenvalue weighted by Crippen LogP contribution is -2.31. The van der Waals surface area contributed by atoms with Gasteiger partial charge >= 0.3 is 0 Å². The molecular formula is C16H26N2O2. The maximum Gasteiger partial charge on any atom is 0.238 e. The maximum absolute atomic E-state index is 11.1. The van der Waals surface area contributed by atoms with Crippen molar-refractivity contribution in [2.24, 2.45) is 5.84 Å². The van der Waals surface area contributed by atoms with Gasteiger partial charge < -0.3 is 4.74 Å². The average Bonchev–Trinajstić information content (AvgIpc) is 2.48. The fourth-order valence-electron chi connectivity index (χ4n) is 1.99. The van der Waals surface area contributed by atoms with Crippen molar-refractivity contribution >= 4 is 5.91 Å². The van der Waals surface area contributed by atoms with Crippen molar-refractivity contribution in [3.63, 3.8) is 0 Å². The molecule has 0 aromatic heterocycles. The normalized spacial score (nSPS) is 10.5. The number of benzene rings is 1. The molecule has 0 spiro atoms. The second-order valence-electron chi connectivity index (χ2n) is 5.03. The smallest absolute Gasteiger partial charge is 0.238 e. The third-order valence-corrected chi connectivity index (χ3v) is 3.21. The molecule has 0 aliphatic carbocycles. The topological polar surface area (TPSA) is 64.3 Å². The number of ether oxygens (including phenoxy) is 1. The first-order valence-corrected chi connectivity index (χ1v) is 7.41. The van der Waals surface area contributed by atoms with E-state index in [2.05, 4.69) is 12.3 Å². The summed E-state index contributed by atoms with van der Waals surface area (Å²) in [4.78, 5) is 11.1. The largest absolute Gasteiger partial charge is 0.377 e. The van der Waals surface area contributed by atoms with Crippen LogP contribution in [0, 0.1) is 0 Å². The number of carbonyl (C=O) groups excluding carboxylic acids is 1. The van der Waals surface area contributed by atoms with Crippen LogP contribution in [0.25, 0.3) is 0 Å².